The SMILES string of the molecule is CC(N)(CO)CO.CCCCCCCCc1ccc2c(c1)CCCC2. The van der Waals surface area contributed by atoms with Crippen LogP contribution in [0.3, 0.4) is 0 Å². The Morgan fingerprint density at radius 1 is 0.920 bits per heavy atom. The van der Waals surface area contributed by atoms with Gasteiger partial charge in [0.1, 0.15) is 0 Å². The van der Waals surface area contributed by atoms with Crippen LogP contribution in [0.5, 0.6) is 0 Å². The van der Waals surface area contributed by atoms with E-state index in [1.165, 1.54) is 70.6 Å². The molecule has 0 saturated carbocycles. The van der Waals surface area contributed by atoms with E-state index in [2.05, 4.69) is 25.1 Å². The van der Waals surface area contributed by atoms with E-state index in [0.717, 1.165) is 0 Å². The molecule has 0 atom stereocenters. The first-order chi connectivity index (χ1) is 12.0. The lowest BCUT2D eigenvalue weighted by atomic mass is 9.89. The molecule has 3 nitrogen and oxygen atoms in total. The Balaban J connectivity index is 0.000000381. The van der Waals surface area contributed by atoms with Crippen molar-refractivity contribution < 1.29 is 10.2 Å². The monoisotopic (exact) mass is 349 g/mol. The molecule has 0 fully saturated rings. The summed E-state index contributed by atoms with van der Waals surface area (Å²) in [4.78, 5) is 0. The highest BCUT2D eigenvalue weighted by atomic mass is 16.3. The number of aliphatic hydroxyl groups excluding tert-OH is 2. The smallest absolute Gasteiger partial charge is 0.0631 e. The molecule has 1 aliphatic rings. The first-order valence-electron chi connectivity index (χ1n) is 10.1. The van der Waals surface area contributed by atoms with Crippen LogP contribution in [0.4, 0.5) is 0 Å². The summed E-state index contributed by atoms with van der Waals surface area (Å²) >= 11 is 0. The minimum absolute atomic E-state index is 0.177. The molecule has 0 spiro atoms. The molecule has 1 aromatic carbocycles. The summed E-state index contributed by atoms with van der Waals surface area (Å²) in [5.41, 5.74) is 9.25. The van der Waals surface area contributed by atoms with E-state index in [9.17, 15) is 0 Å². The second kappa shape index (κ2) is 12.5. The Morgan fingerprint density at radius 3 is 2.12 bits per heavy atom. The zero-order chi connectivity index (χ0) is 18.5. The number of hydrogen-bond donors (Lipinski definition) is 3. The number of hydrogen-bond acceptors (Lipinski definition) is 3. The van der Waals surface area contributed by atoms with Crippen molar-refractivity contribution in [2.24, 2.45) is 5.73 Å². The average molecular weight is 350 g/mol. The van der Waals surface area contributed by atoms with E-state index in [0.29, 0.717) is 0 Å². The molecular formula is C22H39NO2. The lowest BCUT2D eigenvalue weighted by Gasteiger charge is -2.16. The van der Waals surface area contributed by atoms with Gasteiger partial charge >= 0.3 is 0 Å². The summed E-state index contributed by atoms with van der Waals surface area (Å²) in [5, 5.41) is 16.6. The van der Waals surface area contributed by atoms with Crippen molar-refractivity contribution in [1.29, 1.82) is 0 Å². The van der Waals surface area contributed by atoms with Crippen LogP contribution < -0.4 is 5.73 Å². The number of aryl methyl sites for hydroxylation is 3. The summed E-state index contributed by atoms with van der Waals surface area (Å²) in [6.07, 6.45) is 15.1. The number of benzene rings is 1. The van der Waals surface area contributed by atoms with E-state index in [4.69, 9.17) is 15.9 Å². The molecule has 0 aliphatic heterocycles. The van der Waals surface area contributed by atoms with Gasteiger partial charge in [0.05, 0.1) is 18.8 Å². The van der Waals surface area contributed by atoms with Gasteiger partial charge in [-0.05, 0) is 62.1 Å². The third-order valence-electron chi connectivity index (χ3n) is 4.95. The second-order valence-electron chi connectivity index (χ2n) is 7.80. The maximum absolute atomic E-state index is 8.31. The van der Waals surface area contributed by atoms with Gasteiger partial charge in [0.25, 0.3) is 0 Å². The first-order valence-corrected chi connectivity index (χ1v) is 10.1. The molecule has 0 amide bonds. The van der Waals surface area contributed by atoms with E-state index in [-0.39, 0.29) is 13.2 Å². The van der Waals surface area contributed by atoms with Gasteiger partial charge in [0.15, 0.2) is 0 Å². The molecule has 0 aromatic heterocycles. The van der Waals surface area contributed by atoms with Gasteiger partial charge in [-0.2, -0.15) is 0 Å². The standard InChI is InChI=1S/C18H28.C4H11NO2/c1-2-3-4-5-6-7-10-16-13-14-17-11-8-9-12-18(17)15-16;1-4(5,2-6)3-7/h13-15H,2-12H2,1H3;6-7H,2-3,5H2,1H3. The fraction of sp³-hybridized carbons (Fsp3) is 0.727. The summed E-state index contributed by atoms with van der Waals surface area (Å²) in [5.74, 6) is 0. The number of nitrogens with two attached hydrogens (primary N) is 1. The minimum atomic E-state index is -0.806. The molecule has 0 saturated heterocycles. The highest BCUT2D eigenvalue weighted by Crippen LogP contribution is 2.23. The Hall–Kier alpha value is -0.900. The van der Waals surface area contributed by atoms with Crippen molar-refractivity contribution in [3.63, 3.8) is 0 Å². The normalized spacial score (nSPS) is 13.8. The molecule has 4 N–H and O–H groups in total. The van der Waals surface area contributed by atoms with Crippen molar-refractivity contribution in [3.8, 4) is 0 Å². The van der Waals surface area contributed by atoms with Crippen LogP contribution in [0.2, 0.25) is 0 Å². The molecule has 0 bridgehead atoms. The highest BCUT2D eigenvalue weighted by molar-refractivity contribution is 5.33. The number of rotatable bonds is 9. The molecule has 0 unspecified atom stereocenters. The summed E-state index contributed by atoms with van der Waals surface area (Å²) < 4.78 is 0. The second-order valence-corrected chi connectivity index (χ2v) is 7.80. The van der Waals surface area contributed by atoms with Gasteiger partial charge in [0, 0.05) is 0 Å². The maximum atomic E-state index is 8.31. The predicted molar refractivity (Wildman–Crippen MR) is 107 cm³/mol. The van der Waals surface area contributed by atoms with Gasteiger partial charge < -0.3 is 15.9 Å². The Morgan fingerprint density at radius 2 is 1.52 bits per heavy atom. The maximum Gasteiger partial charge on any atom is 0.0631 e. The fourth-order valence-electron chi connectivity index (χ4n) is 3.10. The van der Waals surface area contributed by atoms with Crippen LogP contribution in [-0.2, 0) is 19.3 Å². The molecule has 1 aliphatic carbocycles. The molecule has 0 heterocycles. The van der Waals surface area contributed by atoms with Crippen LogP contribution in [0, 0.1) is 0 Å². The van der Waals surface area contributed by atoms with E-state index in [1.54, 1.807) is 23.6 Å². The minimum Gasteiger partial charge on any atom is -0.394 e. The third kappa shape index (κ3) is 9.39. The summed E-state index contributed by atoms with van der Waals surface area (Å²) in [6, 6.07) is 7.25. The molecular weight excluding hydrogens is 310 g/mol. The summed E-state index contributed by atoms with van der Waals surface area (Å²) in [6.45, 7) is 3.51. The van der Waals surface area contributed by atoms with Crippen LogP contribution in [-0.4, -0.2) is 29.0 Å². The van der Waals surface area contributed by atoms with Crippen LogP contribution >= 0.6 is 0 Å². The fourth-order valence-corrected chi connectivity index (χ4v) is 3.10. The topological polar surface area (TPSA) is 66.5 Å². The molecule has 3 heteroatoms. The first kappa shape index (κ1) is 22.1. The number of aliphatic hydroxyl groups is 2. The van der Waals surface area contributed by atoms with E-state index < -0.39 is 5.54 Å². The van der Waals surface area contributed by atoms with Crippen molar-refractivity contribution in [2.75, 3.05) is 13.2 Å². The molecule has 2 rings (SSSR count). The van der Waals surface area contributed by atoms with Gasteiger partial charge in [-0.25, -0.2) is 0 Å². The zero-order valence-corrected chi connectivity index (χ0v) is 16.4. The molecule has 25 heavy (non-hydrogen) atoms. The summed E-state index contributed by atoms with van der Waals surface area (Å²) in [7, 11) is 0. The van der Waals surface area contributed by atoms with Crippen molar-refractivity contribution in [2.45, 2.75) is 90.0 Å². The molecule has 144 valence electrons. The van der Waals surface area contributed by atoms with Gasteiger partial charge in [-0.1, -0.05) is 57.2 Å². The van der Waals surface area contributed by atoms with Crippen molar-refractivity contribution >= 4 is 0 Å². The Kier molecular flexibility index (Phi) is 11.0. The lowest BCUT2D eigenvalue weighted by Crippen LogP contribution is -2.43. The van der Waals surface area contributed by atoms with E-state index >= 15 is 0 Å². The van der Waals surface area contributed by atoms with Crippen LogP contribution in [0.15, 0.2) is 18.2 Å². The third-order valence-corrected chi connectivity index (χ3v) is 4.95. The van der Waals surface area contributed by atoms with E-state index in [1.807, 2.05) is 0 Å². The average Bonchev–Trinajstić information content (AvgIpc) is 2.65. The van der Waals surface area contributed by atoms with Crippen LogP contribution in [0.25, 0.3) is 0 Å². The largest absolute Gasteiger partial charge is 0.394 e. The van der Waals surface area contributed by atoms with Gasteiger partial charge in [-0.15, -0.1) is 0 Å². The van der Waals surface area contributed by atoms with Crippen molar-refractivity contribution in [3.05, 3.63) is 34.9 Å². The lowest BCUT2D eigenvalue weighted by molar-refractivity contribution is 0.134. The van der Waals surface area contributed by atoms with Crippen LogP contribution in [0.1, 0.15) is 81.9 Å². The van der Waals surface area contributed by atoms with Gasteiger partial charge in [-0.3, -0.25) is 0 Å². The predicted octanol–water partition coefficient (Wildman–Crippen LogP) is 4.16. The highest BCUT2D eigenvalue weighted by Gasteiger charge is 2.13. The molecule has 0 radical (unpaired) electrons. The number of fused-ring (bicyclic) bond motifs is 1. The van der Waals surface area contributed by atoms with Gasteiger partial charge in [0.2, 0.25) is 0 Å². The quantitative estimate of drug-likeness (QED) is 0.587. The zero-order valence-electron chi connectivity index (χ0n) is 16.4. The Labute approximate surface area is 154 Å². The number of unbranched alkanes of at least 4 members (excludes halogenated alkanes) is 5. The Bertz CT molecular complexity index is 465. The molecule has 1 aromatic rings. The van der Waals surface area contributed by atoms with Crippen molar-refractivity contribution in [1.82, 2.24) is 0 Å².